The number of hydrogen-bond donors (Lipinski definition) is 1. The van der Waals surface area contributed by atoms with Crippen LogP contribution >= 0.6 is 23.5 Å². The molecule has 0 spiro atoms. The van der Waals surface area contributed by atoms with Crippen molar-refractivity contribution in [1.82, 2.24) is 5.32 Å². The van der Waals surface area contributed by atoms with E-state index >= 15 is 0 Å². The Kier molecular flexibility index (Phi) is 7.44. The molecule has 0 saturated carbocycles. The highest BCUT2D eigenvalue weighted by molar-refractivity contribution is 8.00. The molecule has 29 heavy (non-hydrogen) atoms. The Morgan fingerprint density at radius 3 is 2.45 bits per heavy atom. The van der Waals surface area contributed by atoms with E-state index in [0.717, 1.165) is 27.5 Å². The molecule has 0 aliphatic carbocycles. The van der Waals surface area contributed by atoms with Crippen LogP contribution in [-0.4, -0.2) is 19.6 Å². The second kappa shape index (κ2) is 10.2. The predicted octanol–water partition coefficient (Wildman–Crippen LogP) is 5.49. The molecule has 1 N–H and O–H groups in total. The van der Waals surface area contributed by atoms with Crippen molar-refractivity contribution in [2.45, 2.75) is 18.4 Å². The lowest BCUT2D eigenvalue weighted by atomic mass is 10.2. The average Bonchev–Trinajstić information content (AvgIpc) is 2.75. The fourth-order valence-corrected chi connectivity index (χ4v) is 3.95. The number of methoxy groups -OCH3 is 1. The van der Waals surface area contributed by atoms with Gasteiger partial charge in [0.2, 0.25) is 5.91 Å². The molecule has 0 atom stereocenters. The SMILES string of the molecule is COc1ccc(CNC(=O)CN(Sc2ccccc2)c2cccc(Cl)c2C)cc1. The van der Waals surface area contributed by atoms with Crippen molar-refractivity contribution in [3.8, 4) is 5.75 Å². The first-order valence-electron chi connectivity index (χ1n) is 9.22. The number of nitrogens with zero attached hydrogens (tertiary/aromatic N) is 1. The van der Waals surface area contributed by atoms with Crippen LogP contribution in [0.3, 0.4) is 0 Å². The number of carbonyl (C=O) groups excluding carboxylic acids is 1. The third kappa shape index (κ3) is 5.92. The fourth-order valence-electron chi connectivity index (χ4n) is 2.77. The molecule has 3 rings (SSSR count). The molecule has 150 valence electrons. The first-order valence-corrected chi connectivity index (χ1v) is 10.4. The minimum Gasteiger partial charge on any atom is -0.497 e. The van der Waals surface area contributed by atoms with E-state index in [9.17, 15) is 4.79 Å². The molecule has 0 aromatic heterocycles. The average molecular weight is 427 g/mol. The zero-order valence-corrected chi connectivity index (χ0v) is 18.0. The second-order valence-corrected chi connectivity index (χ2v) is 7.95. The van der Waals surface area contributed by atoms with Gasteiger partial charge in [-0.25, -0.2) is 0 Å². The minimum absolute atomic E-state index is 0.0661. The molecular weight excluding hydrogens is 404 g/mol. The van der Waals surface area contributed by atoms with Gasteiger partial charge in [0.05, 0.1) is 12.8 Å². The zero-order chi connectivity index (χ0) is 20.6. The number of hydrogen-bond acceptors (Lipinski definition) is 4. The molecule has 0 unspecified atom stereocenters. The van der Waals surface area contributed by atoms with Crippen LogP contribution in [0.2, 0.25) is 5.02 Å². The van der Waals surface area contributed by atoms with Crippen LogP contribution in [-0.2, 0) is 11.3 Å². The third-order valence-electron chi connectivity index (χ3n) is 4.40. The van der Waals surface area contributed by atoms with Gasteiger partial charge in [-0.05, 0) is 66.4 Å². The Hall–Kier alpha value is -2.63. The van der Waals surface area contributed by atoms with Gasteiger partial charge in [0.15, 0.2) is 0 Å². The van der Waals surface area contributed by atoms with Crippen molar-refractivity contribution in [1.29, 1.82) is 0 Å². The quantitative estimate of drug-likeness (QED) is 0.484. The first-order chi connectivity index (χ1) is 14.1. The smallest absolute Gasteiger partial charge is 0.240 e. The minimum atomic E-state index is -0.0661. The van der Waals surface area contributed by atoms with Crippen LogP contribution in [0.5, 0.6) is 5.75 Å². The largest absolute Gasteiger partial charge is 0.497 e. The maximum atomic E-state index is 12.7. The fraction of sp³-hybridized carbons (Fsp3) is 0.174. The summed E-state index contributed by atoms with van der Waals surface area (Å²) >= 11 is 7.83. The zero-order valence-electron chi connectivity index (χ0n) is 16.4. The Labute approximate surface area is 181 Å². The summed E-state index contributed by atoms with van der Waals surface area (Å²) in [4.78, 5) is 13.7. The molecule has 0 radical (unpaired) electrons. The van der Waals surface area contributed by atoms with Gasteiger partial charge in [0.25, 0.3) is 0 Å². The topological polar surface area (TPSA) is 41.6 Å². The van der Waals surface area contributed by atoms with E-state index < -0.39 is 0 Å². The van der Waals surface area contributed by atoms with Gasteiger partial charge in [0, 0.05) is 16.5 Å². The summed E-state index contributed by atoms with van der Waals surface area (Å²) in [6.45, 7) is 2.63. The van der Waals surface area contributed by atoms with E-state index in [1.807, 2.05) is 84.0 Å². The molecule has 0 aliphatic rings. The van der Waals surface area contributed by atoms with Crippen LogP contribution in [0, 0.1) is 6.92 Å². The summed E-state index contributed by atoms with van der Waals surface area (Å²) in [5.74, 6) is 0.727. The van der Waals surface area contributed by atoms with Gasteiger partial charge in [-0.15, -0.1) is 0 Å². The summed E-state index contributed by atoms with van der Waals surface area (Å²) in [6, 6.07) is 23.4. The summed E-state index contributed by atoms with van der Waals surface area (Å²) < 4.78 is 7.14. The lowest BCUT2D eigenvalue weighted by Crippen LogP contribution is -2.33. The molecule has 0 fully saturated rings. The second-order valence-electron chi connectivity index (χ2n) is 6.45. The highest BCUT2D eigenvalue weighted by Gasteiger charge is 2.16. The number of benzene rings is 3. The maximum Gasteiger partial charge on any atom is 0.240 e. The summed E-state index contributed by atoms with van der Waals surface area (Å²) in [6.07, 6.45) is 0. The van der Waals surface area contributed by atoms with E-state index in [1.165, 1.54) is 11.9 Å². The molecule has 0 heterocycles. The van der Waals surface area contributed by atoms with Gasteiger partial charge in [-0.1, -0.05) is 48.0 Å². The van der Waals surface area contributed by atoms with Crippen LogP contribution < -0.4 is 14.4 Å². The van der Waals surface area contributed by atoms with Crippen molar-refractivity contribution in [3.05, 3.63) is 88.9 Å². The third-order valence-corrected chi connectivity index (χ3v) is 5.84. The van der Waals surface area contributed by atoms with Crippen LogP contribution in [0.25, 0.3) is 0 Å². The summed E-state index contributed by atoms with van der Waals surface area (Å²) in [5, 5.41) is 3.67. The van der Waals surface area contributed by atoms with Crippen LogP contribution in [0.15, 0.2) is 77.7 Å². The molecule has 4 nitrogen and oxygen atoms in total. The molecule has 0 aliphatic heterocycles. The first kappa shape index (κ1) is 21.1. The van der Waals surface area contributed by atoms with Crippen LogP contribution in [0.1, 0.15) is 11.1 Å². The molecule has 3 aromatic rings. The number of nitrogens with one attached hydrogen (secondary N) is 1. The standard InChI is InChI=1S/C23H23ClN2O2S/c1-17-21(24)9-6-10-22(17)26(29-20-7-4-3-5-8-20)16-23(27)25-15-18-11-13-19(28-2)14-12-18/h3-14H,15-16H2,1-2H3,(H,25,27). The Morgan fingerprint density at radius 1 is 1.03 bits per heavy atom. The highest BCUT2D eigenvalue weighted by Crippen LogP contribution is 2.33. The van der Waals surface area contributed by atoms with Gasteiger partial charge >= 0.3 is 0 Å². The van der Waals surface area contributed by atoms with Crippen molar-refractivity contribution < 1.29 is 9.53 Å². The molecule has 1 amide bonds. The molecule has 6 heteroatoms. The van der Waals surface area contributed by atoms with Crippen molar-refractivity contribution in [2.24, 2.45) is 0 Å². The Balaban J connectivity index is 1.71. The predicted molar refractivity (Wildman–Crippen MR) is 121 cm³/mol. The molecule has 0 saturated heterocycles. The van der Waals surface area contributed by atoms with Gasteiger partial charge in [-0.3, -0.25) is 4.79 Å². The molecular formula is C23H23ClN2O2S. The van der Waals surface area contributed by atoms with Crippen molar-refractivity contribution in [2.75, 3.05) is 18.0 Å². The highest BCUT2D eigenvalue weighted by atomic mass is 35.5. The monoisotopic (exact) mass is 426 g/mol. The molecule has 3 aromatic carbocycles. The van der Waals surface area contributed by atoms with E-state index in [1.54, 1.807) is 7.11 Å². The van der Waals surface area contributed by atoms with Crippen molar-refractivity contribution in [3.63, 3.8) is 0 Å². The Bertz CT molecular complexity index is 949. The normalized spacial score (nSPS) is 10.4. The Morgan fingerprint density at radius 2 is 1.76 bits per heavy atom. The van der Waals surface area contributed by atoms with Crippen molar-refractivity contribution >= 4 is 35.1 Å². The lowest BCUT2D eigenvalue weighted by Gasteiger charge is -2.25. The van der Waals surface area contributed by atoms with Crippen LogP contribution in [0.4, 0.5) is 5.69 Å². The number of halogens is 1. The van der Waals surface area contributed by atoms with Gasteiger partial charge in [-0.2, -0.15) is 0 Å². The number of ether oxygens (including phenoxy) is 1. The summed E-state index contributed by atoms with van der Waals surface area (Å²) in [7, 11) is 1.63. The van der Waals surface area contributed by atoms with E-state index in [4.69, 9.17) is 16.3 Å². The number of anilines is 1. The van der Waals surface area contributed by atoms with Gasteiger partial charge in [0.1, 0.15) is 12.3 Å². The summed E-state index contributed by atoms with van der Waals surface area (Å²) in [5.41, 5.74) is 2.88. The maximum absolute atomic E-state index is 12.7. The lowest BCUT2D eigenvalue weighted by molar-refractivity contribution is -0.119. The molecule has 0 bridgehead atoms. The number of amides is 1. The van der Waals surface area contributed by atoms with Gasteiger partial charge < -0.3 is 14.4 Å². The van der Waals surface area contributed by atoms with E-state index in [2.05, 4.69) is 5.32 Å². The van der Waals surface area contributed by atoms with E-state index in [-0.39, 0.29) is 12.5 Å². The van der Waals surface area contributed by atoms with E-state index in [0.29, 0.717) is 11.6 Å². The number of carbonyl (C=O) groups is 1. The number of rotatable bonds is 8.